The van der Waals surface area contributed by atoms with Gasteiger partial charge in [-0.25, -0.2) is 4.98 Å². The number of rotatable bonds is 7. The molecule has 4 nitrogen and oxygen atoms in total. The quantitative estimate of drug-likeness (QED) is 0.257. The summed E-state index contributed by atoms with van der Waals surface area (Å²) in [7, 11) is 0. The molecule has 2 heterocycles. The molecule has 0 saturated heterocycles. The molecule has 0 aliphatic heterocycles. The Morgan fingerprint density at radius 3 is 2.17 bits per heavy atom. The van der Waals surface area contributed by atoms with Crippen molar-refractivity contribution in [3.63, 3.8) is 0 Å². The first-order valence-electron chi connectivity index (χ1n) is 11.9. The zero-order chi connectivity index (χ0) is 24.2. The summed E-state index contributed by atoms with van der Waals surface area (Å²) < 4.78 is 8.20. The standard InChI is InChI=1S/C31H29N3O/c1-22-16-23(2)30(24(3)17-22)31-33-29(27-12-14-32-15-13-27)19-34(31)28-11-7-10-26(18-28)21-35-20-25-8-5-4-6-9-25/h4-19H,20-21H2,1-3H3. The third-order valence-corrected chi connectivity index (χ3v) is 6.15. The molecular weight excluding hydrogens is 430 g/mol. The van der Waals surface area contributed by atoms with Crippen molar-refractivity contribution in [2.75, 3.05) is 0 Å². The first kappa shape index (κ1) is 22.8. The summed E-state index contributed by atoms with van der Waals surface area (Å²) in [4.78, 5) is 9.28. The Labute approximate surface area is 206 Å². The van der Waals surface area contributed by atoms with Crippen LogP contribution in [0.15, 0.2) is 97.5 Å². The number of aromatic nitrogens is 3. The molecule has 0 unspecified atom stereocenters. The number of imidazole rings is 1. The molecule has 0 spiro atoms. The molecule has 5 rings (SSSR count). The Bertz CT molecular complexity index is 1420. The van der Waals surface area contributed by atoms with Crippen LogP contribution in [0.3, 0.4) is 0 Å². The summed E-state index contributed by atoms with van der Waals surface area (Å²) in [5, 5.41) is 0. The summed E-state index contributed by atoms with van der Waals surface area (Å²) in [6, 6.07) is 27.2. The van der Waals surface area contributed by atoms with Gasteiger partial charge in [-0.2, -0.15) is 0 Å². The normalized spacial score (nSPS) is 11.1. The Morgan fingerprint density at radius 2 is 1.43 bits per heavy atom. The number of nitrogens with zero attached hydrogens (tertiary/aromatic N) is 3. The van der Waals surface area contributed by atoms with E-state index in [0.717, 1.165) is 28.3 Å². The third-order valence-electron chi connectivity index (χ3n) is 6.15. The molecule has 0 radical (unpaired) electrons. The average Bonchev–Trinajstić information content (AvgIpc) is 3.30. The van der Waals surface area contributed by atoms with Gasteiger partial charge >= 0.3 is 0 Å². The van der Waals surface area contributed by atoms with Crippen LogP contribution in [0.1, 0.15) is 27.8 Å². The molecular formula is C31H29N3O. The van der Waals surface area contributed by atoms with E-state index in [1.165, 1.54) is 27.8 Å². The summed E-state index contributed by atoms with van der Waals surface area (Å²) >= 11 is 0. The second-order valence-corrected chi connectivity index (χ2v) is 8.98. The maximum Gasteiger partial charge on any atom is 0.145 e. The predicted molar refractivity (Wildman–Crippen MR) is 141 cm³/mol. The number of pyridine rings is 1. The van der Waals surface area contributed by atoms with Gasteiger partial charge in [0.05, 0.1) is 18.9 Å². The minimum Gasteiger partial charge on any atom is -0.372 e. The van der Waals surface area contributed by atoms with E-state index in [9.17, 15) is 0 Å². The zero-order valence-corrected chi connectivity index (χ0v) is 20.4. The lowest BCUT2D eigenvalue weighted by molar-refractivity contribution is 0.107. The van der Waals surface area contributed by atoms with E-state index in [-0.39, 0.29) is 0 Å². The van der Waals surface area contributed by atoms with Crippen LogP contribution < -0.4 is 0 Å². The monoisotopic (exact) mass is 459 g/mol. The highest BCUT2D eigenvalue weighted by Gasteiger charge is 2.17. The van der Waals surface area contributed by atoms with Crippen LogP contribution >= 0.6 is 0 Å². The molecule has 0 N–H and O–H groups in total. The molecule has 35 heavy (non-hydrogen) atoms. The lowest BCUT2D eigenvalue weighted by Gasteiger charge is -2.14. The van der Waals surface area contributed by atoms with E-state index in [1.54, 1.807) is 12.4 Å². The molecule has 0 fully saturated rings. The van der Waals surface area contributed by atoms with Crippen LogP contribution in [-0.4, -0.2) is 14.5 Å². The average molecular weight is 460 g/mol. The van der Waals surface area contributed by atoms with Gasteiger partial charge < -0.3 is 4.74 Å². The molecule has 3 aromatic carbocycles. The van der Waals surface area contributed by atoms with Crippen LogP contribution in [0.25, 0.3) is 28.3 Å². The summed E-state index contributed by atoms with van der Waals surface area (Å²) in [5.41, 5.74) is 10.2. The highest BCUT2D eigenvalue weighted by atomic mass is 16.5. The van der Waals surface area contributed by atoms with Gasteiger partial charge in [0.2, 0.25) is 0 Å². The minimum atomic E-state index is 0.548. The Kier molecular flexibility index (Phi) is 6.55. The van der Waals surface area contributed by atoms with Gasteiger partial charge in [0, 0.05) is 35.4 Å². The van der Waals surface area contributed by atoms with Crippen molar-refractivity contribution >= 4 is 0 Å². The molecule has 0 aliphatic carbocycles. The lowest BCUT2D eigenvalue weighted by atomic mass is 9.99. The molecule has 5 aromatic rings. The first-order valence-corrected chi connectivity index (χ1v) is 11.9. The number of hydrogen-bond acceptors (Lipinski definition) is 3. The number of hydrogen-bond donors (Lipinski definition) is 0. The van der Waals surface area contributed by atoms with E-state index in [2.05, 4.69) is 85.1 Å². The van der Waals surface area contributed by atoms with Gasteiger partial charge in [-0.15, -0.1) is 0 Å². The van der Waals surface area contributed by atoms with Gasteiger partial charge in [-0.05, 0) is 67.3 Å². The largest absolute Gasteiger partial charge is 0.372 e. The Morgan fingerprint density at radius 1 is 0.743 bits per heavy atom. The molecule has 2 aromatic heterocycles. The van der Waals surface area contributed by atoms with Crippen molar-refractivity contribution in [3.8, 4) is 28.3 Å². The SMILES string of the molecule is Cc1cc(C)c(-c2nc(-c3ccncc3)cn2-c2cccc(COCc3ccccc3)c2)c(C)c1. The molecule has 174 valence electrons. The number of benzene rings is 3. The highest BCUT2D eigenvalue weighted by molar-refractivity contribution is 5.72. The second kappa shape index (κ2) is 10.1. The fourth-order valence-electron chi connectivity index (χ4n) is 4.60. The van der Waals surface area contributed by atoms with Crippen molar-refractivity contribution in [1.82, 2.24) is 14.5 Å². The molecule has 0 saturated carbocycles. The first-order chi connectivity index (χ1) is 17.1. The Hall–Kier alpha value is -4.02. The van der Waals surface area contributed by atoms with Gasteiger partial charge in [-0.1, -0.05) is 60.2 Å². The van der Waals surface area contributed by atoms with Crippen LogP contribution in [0.5, 0.6) is 0 Å². The lowest BCUT2D eigenvalue weighted by Crippen LogP contribution is -2.01. The van der Waals surface area contributed by atoms with Crippen LogP contribution in [0.4, 0.5) is 0 Å². The van der Waals surface area contributed by atoms with Crippen LogP contribution in [0, 0.1) is 20.8 Å². The van der Waals surface area contributed by atoms with E-state index in [4.69, 9.17) is 9.72 Å². The van der Waals surface area contributed by atoms with Gasteiger partial charge in [0.15, 0.2) is 0 Å². The Balaban J connectivity index is 1.53. The van der Waals surface area contributed by atoms with E-state index in [1.807, 2.05) is 30.3 Å². The topological polar surface area (TPSA) is 39.9 Å². The maximum absolute atomic E-state index is 6.01. The van der Waals surface area contributed by atoms with Crippen molar-refractivity contribution < 1.29 is 4.74 Å². The molecule has 0 bridgehead atoms. The molecule has 0 aliphatic rings. The fraction of sp³-hybridized carbons (Fsp3) is 0.161. The van der Waals surface area contributed by atoms with E-state index in [0.29, 0.717) is 13.2 Å². The number of aryl methyl sites for hydroxylation is 3. The van der Waals surface area contributed by atoms with Crippen molar-refractivity contribution in [2.45, 2.75) is 34.0 Å². The fourth-order valence-corrected chi connectivity index (χ4v) is 4.60. The van der Waals surface area contributed by atoms with Gasteiger partial charge in [0.25, 0.3) is 0 Å². The smallest absolute Gasteiger partial charge is 0.145 e. The van der Waals surface area contributed by atoms with Gasteiger partial charge in [0.1, 0.15) is 5.82 Å². The van der Waals surface area contributed by atoms with E-state index < -0.39 is 0 Å². The number of ether oxygens (including phenoxy) is 1. The summed E-state index contributed by atoms with van der Waals surface area (Å²) in [6.45, 7) is 7.60. The van der Waals surface area contributed by atoms with Gasteiger partial charge in [-0.3, -0.25) is 9.55 Å². The van der Waals surface area contributed by atoms with Crippen LogP contribution in [-0.2, 0) is 18.0 Å². The van der Waals surface area contributed by atoms with Crippen LogP contribution in [0.2, 0.25) is 0 Å². The third kappa shape index (κ3) is 5.08. The zero-order valence-electron chi connectivity index (χ0n) is 20.4. The van der Waals surface area contributed by atoms with Crippen molar-refractivity contribution in [3.05, 3.63) is 125 Å². The van der Waals surface area contributed by atoms with Crippen molar-refractivity contribution in [2.24, 2.45) is 0 Å². The highest BCUT2D eigenvalue weighted by Crippen LogP contribution is 2.32. The second-order valence-electron chi connectivity index (χ2n) is 8.98. The molecule has 4 heteroatoms. The maximum atomic E-state index is 6.01. The van der Waals surface area contributed by atoms with E-state index >= 15 is 0 Å². The minimum absolute atomic E-state index is 0.548. The summed E-state index contributed by atoms with van der Waals surface area (Å²) in [6.07, 6.45) is 5.73. The predicted octanol–water partition coefficient (Wildman–Crippen LogP) is 7.24. The molecule has 0 atom stereocenters. The van der Waals surface area contributed by atoms with Crippen molar-refractivity contribution in [1.29, 1.82) is 0 Å². The summed E-state index contributed by atoms with van der Waals surface area (Å²) in [5.74, 6) is 0.939. The molecule has 0 amide bonds.